The Balaban J connectivity index is 1.87. The largest absolute Gasteiger partial charge is 0.457 e. The van der Waals surface area contributed by atoms with Crippen LogP contribution in [0.25, 0.3) is 0 Å². The summed E-state index contributed by atoms with van der Waals surface area (Å²) >= 11 is 1.75. The molecule has 1 aromatic rings. The standard InChI is InChI=1S/C11H15O2S/c12-10-13-7-4-2-1-3-5-11-6-8-14-9-11/h6,8-9H,1-5,7H2. The second kappa shape index (κ2) is 7.56. The maximum absolute atomic E-state index is 9.70. The van der Waals surface area contributed by atoms with E-state index in [1.165, 1.54) is 31.3 Å². The van der Waals surface area contributed by atoms with E-state index >= 15 is 0 Å². The molecule has 1 aromatic heterocycles. The molecule has 0 aliphatic carbocycles. The third-order valence-electron chi connectivity index (χ3n) is 2.10. The zero-order valence-electron chi connectivity index (χ0n) is 8.20. The van der Waals surface area contributed by atoms with Crippen molar-refractivity contribution in [3.05, 3.63) is 22.4 Å². The van der Waals surface area contributed by atoms with Gasteiger partial charge < -0.3 is 4.74 Å². The number of carbonyl (C=O) groups excluding carboxylic acids is 1. The zero-order valence-corrected chi connectivity index (χ0v) is 9.02. The van der Waals surface area contributed by atoms with Crippen molar-refractivity contribution in [2.45, 2.75) is 32.1 Å². The van der Waals surface area contributed by atoms with Gasteiger partial charge in [0.05, 0.1) is 6.61 Å². The van der Waals surface area contributed by atoms with Crippen molar-refractivity contribution in [3.8, 4) is 0 Å². The molecule has 0 unspecified atom stereocenters. The molecule has 0 saturated carbocycles. The van der Waals surface area contributed by atoms with E-state index in [4.69, 9.17) is 0 Å². The lowest BCUT2D eigenvalue weighted by atomic mass is 10.1. The van der Waals surface area contributed by atoms with Crippen molar-refractivity contribution in [2.75, 3.05) is 6.61 Å². The van der Waals surface area contributed by atoms with Gasteiger partial charge in [0.25, 0.3) is 0 Å². The number of thiophene rings is 1. The fraction of sp³-hybridized carbons (Fsp3) is 0.545. The molecule has 0 aliphatic heterocycles. The minimum atomic E-state index is 0.516. The van der Waals surface area contributed by atoms with E-state index in [0.29, 0.717) is 6.61 Å². The maximum atomic E-state index is 9.70. The summed E-state index contributed by atoms with van der Waals surface area (Å²) in [5, 5.41) is 4.31. The van der Waals surface area contributed by atoms with Gasteiger partial charge >= 0.3 is 6.47 Å². The molecule has 0 aromatic carbocycles. The predicted octanol–water partition coefficient (Wildman–Crippen LogP) is 2.93. The van der Waals surface area contributed by atoms with E-state index in [0.717, 1.165) is 12.8 Å². The first-order valence-corrected chi connectivity index (χ1v) is 5.88. The minimum Gasteiger partial charge on any atom is -0.457 e. The minimum absolute atomic E-state index is 0.516. The molecule has 0 amide bonds. The molecule has 1 heterocycles. The van der Waals surface area contributed by atoms with Crippen LogP contribution in [-0.2, 0) is 16.0 Å². The summed E-state index contributed by atoms with van der Waals surface area (Å²) in [6.45, 7) is 1.95. The first-order valence-electron chi connectivity index (χ1n) is 4.93. The van der Waals surface area contributed by atoms with E-state index in [2.05, 4.69) is 21.6 Å². The number of ether oxygens (including phenoxy) is 1. The second-order valence-electron chi connectivity index (χ2n) is 3.23. The summed E-state index contributed by atoms with van der Waals surface area (Å²) in [5.41, 5.74) is 1.44. The van der Waals surface area contributed by atoms with Crippen molar-refractivity contribution in [1.82, 2.24) is 0 Å². The highest BCUT2D eigenvalue weighted by Crippen LogP contribution is 2.11. The molecule has 3 heteroatoms. The predicted molar refractivity (Wildman–Crippen MR) is 58.1 cm³/mol. The Kier molecular flexibility index (Phi) is 6.07. The lowest BCUT2D eigenvalue weighted by molar-refractivity contribution is 0.269. The van der Waals surface area contributed by atoms with Gasteiger partial charge in [0, 0.05) is 0 Å². The Morgan fingerprint density at radius 3 is 2.86 bits per heavy atom. The molecule has 0 atom stereocenters. The lowest BCUT2D eigenvalue weighted by Gasteiger charge is -1.99. The monoisotopic (exact) mass is 211 g/mol. The van der Waals surface area contributed by atoms with Gasteiger partial charge in [-0.05, 0) is 41.7 Å². The maximum Gasteiger partial charge on any atom is 0.417 e. The van der Waals surface area contributed by atoms with Gasteiger partial charge in [-0.3, -0.25) is 0 Å². The van der Waals surface area contributed by atoms with Crippen LogP contribution in [-0.4, -0.2) is 13.1 Å². The summed E-state index contributed by atoms with van der Waals surface area (Å²) in [4.78, 5) is 9.70. The van der Waals surface area contributed by atoms with Gasteiger partial charge in [0.2, 0.25) is 0 Å². The molecule has 0 N–H and O–H groups in total. The number of unbranched alkanes of at least 4 members (excludes halogenated alkanes) is 3. The molecule has 0 bridgehead atoms. The van der Waals surface area contributed by atoms with Crippen LogP contribution in [0.4, 0.5) is 0 Å². The molecular weight excluding hydrogens is 196 g/mol. The van der Waals surface area contributed by atoms with Crippen molar-refractivity contribution >= 4 is 17.8 Å². The molecule has 0 fully saturated rings. The lowest BCUT2D eigenvalue weighted by Crippen LogP contribution is -1.91. The van der Waals surface area contributed by atoms with Crippen LogP contribution in [0.1, 0.15) is 31.2 Å². The van der Waals surface area contributed by atoms with E-state index in [9.17, 15) is 4.79 Å². The molecule has 2 nitrogen and oxygen atoms in total. The van der Waals surface area contributed by atoms with E-state index in [1.54, 1.807) is 11.3 Å². The molecular formula is C11H15O2S. The topological polar surface area (TPSA) is 26.3 Å². The molecule has 0 saturated heterocycles. The van der Waals surface area contributed by atoms with Crippen molar-refractivity contribution in [1.29, 1.82) is 0 Å². The normalized spacial score (nSPS) is 10.0. The van der Waals surface area contributed by atoms with Crippen molar-refractivity contribution < 1.29 is 9.53 Å². The smallest absolute Gasteiger partial charge is 0.417 e. The van der Waals surface area contributed by atoms with E-state index in [-0.39, 0.29) is 0 Å². The molecule has 0 aliphatic rings. The summed E-state index contributed by atoms with van der Waals surface area (Å²) in [7, 11) is 0. The van der Waals surface area contributed by atoms with Crippen molar-refractivity contribution in [2.24, 2.45) is 0 Å². The third-order valence-corrected chi connectivity index (χ3v) is 2.83. The number of aryl methyl sites for hydroxylation is 1. The van der Waals surface area contributed by atoms with Gasteiger partial charge in [-0.25, -0.2) is 4.79 Å². The average molecular weight is 211 g/mol. The van der Waals surface area contributed by atoms with Crippen LogP contribution in [0.15, 0.2) is 16.8 Å². The first kappa shape index (κ1) is 11.2. The summed E-state index contributed by atoms with van der Waals surface area (Å²) in [6.07, 6.45) is 5.69. The Labute approximate surface area is 88.9 Å². The third kappa shape index (κ3) is 5.02. The molecule has 1 rings (SSSR count). The Morgan fingerprint density at radius 2 is 2.14 bits per heavy atom. The molecule has 14 heavy (non-hydrogen) atoms. The highest BCUT2D eigenvalue weighted by atomic mass is 32.1. The van der Waals surface area contributed by atoms with Crippen LogP contribution in [0.3, 0.4) is 0 Å². The highest BCUT2D eigenvalue weighted by molar-refractivity contribution is 7.07. The number of hydrogen-bond donors (Lipinski definition) is 0. The summed E-state index contributed by atoms with van der Waals surface area (Å²) in [6, 6.07) is 2.18. The quantitative estimate of drug-likeness (QED) is 0.618. The number of hydrogen-bond acceptors (Lipinski definition) is 3. The molecule has 1 radical (unpaired) electrons. The summed E-state index contributed by atoms with van der Waals surface area (Å²) < 4.78 is 4.48. The van der Waals surface area contributed by atoms with Gasteiger partial charge in [-0.2, -0.15) is 11.3 Å². The van der Waals surface area contributed by atoms with Gasteiger partial charge in [-0.1, -0.05) is 12.8 Å². The Hall–Kier alpha value is -0.830. The highest BCUT2D eigenvalue weighted by Gasteiger charge is 1.94. The van der Waals surface area contributed by atoms with Gasteiger partial charge in [0.15, 0.2) is 0 Å². The molecule has 0 spiro atoms. The van der Waals surface area contributed by atoms with Crippen LogP contribution >= 0.6 is 11.3 Å². The van der Waals surface area contributed by atoms with Crippen LogP contribution < -0.4 is 0 Å². The van der Waals surface area contributed by atoms with E-state index in [1.807, 2.05) is 0 Å². The van der Waals surface area contributed by atoms with Crippen LogP contribution in [0.5, 0.6) is 0 Å². The van der Waals surface area contributed by atoms with Crippen LogP contribution in [0.2, 0.25) is 0 Å². The second-order valence-corrected chi connectivity index (χ2v) is 4.01. The molecule has 77 valence electrons. The van der Waals surface area contributed by atoms with E-state index < -0.39 is 0 Å². The van der Waals surface area contributed by atoms with Crippen LogP contribution in [0, 0.1) is 0 Å². The van der Waals surface area contributed by atoms with Crippen molar-refractivity contribution in [3.63, 3.8) is 0 Å². The fourth-order valence-corrected chi connectivity index (χ4v) is 2.04. The Morgan fingerprint density at radius 1 is 1.29 bits per heavy atom. The Bertz CT molecular complexity index is 231. The fourth-order valence-electron chi connectivity index (χ4n) is 1.33. The number of rotatable bonds is 8. The van der Waals surface area contributed by atoms with Gasteiger partial charge in [-0.15, -0.1) is 0 Å². The average Bonchev–Trinajstić information content (AvgIpc) is 2.69. The van der Waals surface area contributed by atoms with Gasteiger partial charge in [0.1, 0.15) is 0 Å². The first-order chi connectivity index (χ1) is 6.93. The SMILES string of the molecule is O=[C]OCCCCCCc1ccsc1. The summed E-state index contributed by atoms with van der Waals surface area (Å²) in [5.74, 6) is 0. The zero-order chi connectivity index (χ0) is 10.1.